The summed E-state index contributed by atoms with van der Waals surface area (Å²) < 4.78 is 0. The number of hydrogen-bond acceptors (Lipinski definition) is 3. The lowest BCUT2D eigenvalue weighted by molar-refractivity contribution is 0.630. The summed E-state index contributed by atoms with van der Waals surface area (Å²) in [5.41, 5.74) is 1.10. The number of thiazole rings is 1. The van der Waals surface area contributed by atoms with Crippen LogP contribution in [0.1, 0.15) is 24.4 Å². The summed E-state index contributed by atoms with van der Waals surface area (Å²) >= 11 is 1.31. The molecule has 0 bridgehead atoms. The van der Waals surface area contributed by atoms with Crippen molar-refractivity contribution in [1.29, 1.82) is 0 Å². The van der Waals surface area contributed by atoms with E-state index >= 15 is 0 Å². The zero-order chi connectivity index (χ0) is 9.84. The predicted molar refractivity (Wildman–Crippen MR) is 56.2 cm³/mol. The van der Waals surface area contributed by atoms with Gasteiger partial charge in [-0.15, -0.1) is 0 Å². The van der Waals surface area contributed by atoms with Crippen molar-refractivity contribution in [2.75, 3.05) is 7.05 Å². The Kier molecular flexibility index (Phi) is 3.69. The highest BCUT2D eigenvalue weighted by Crippen LogP contribution is 2.13. The molecule has 2 N–H and O–H groups in total. The lowest BCUT2D eigenvalue weighted by Gasteiger charge is -2.04. The van der Waals surface area contributed by atoms with E-state index < -0.39 is 0 Å². The van der Waals surface area contributed by atoms with Crippen LogP contribution in [0.5, 0.6) is 0 Å². The highest BCUT2D eigenvalue weighted by molar-refractivity contribution is 7.09. The normalized spacial score (nSPS) is 11.1. The molecule has 0 fully saturated rings. The number of nitrogens with one attached hydrogen (secondary N) is 2. The molecule has 1 heterocycles. The van der Waals surface area contributed by atoms with Gasteiger partial charge >= 0.3 is 4.87 Å². The zero-order valence-corrected chi connectivity index (χ0v) is 9.12. The van der Waals surface area contributed by atoms with Crippen LogP contribution >= 0.6 is 11.3 Å². The number of aromatic amines is 1. The fourth-order valence-electron chi connectivity index (χ4n) is 1.27. The van der Waals surface area contributed by atoms with Crippen molar-refractivity contribution in [3.05, 3.63) is 20.2 Å². The topological polar surface area (TPSA) is 44.9 Å². The molecule has 0 saturated carbocycles. The van der Waals surface area contributed by atoms with E-state index in [9.17, 15) is 4.79 Å². The maximum Gasteiger partial charge on any atom is 0.304 e. The lowest BCUT2D eigenvalue weighted by atomic mass is 10.1. The number of rotatable bonds is 4. The summed E-state index contributed by atoms with van der Waals surface area (Å²) in [6, 6.07) is 0. The van der Waals surface area contributed by atoms with E-state index in [1.165, 1.54) is 11.3 Å². The molecule has 0 unspecified atom stereocenters. The molecule has 0 spiro atoms. The molecule has 0 radical (unpaired) electrons. The summed E-state index contributed by atoms with van der Waals surface area (Å²) in [4.78, 5) is 15.2. The van der Waals surface area contributed by atoms with Crippen molar-refractivity contribution in [1.82, 2.24) is 10.3 Å². The Morgan fingerprint density at radius 1 is 1.54 bits per heavy atom. The Morgan fingerprint density at radius 2 is 2.23 bits per heavy atom. The van der Waals surface area contributed by atoms with Crippen molar-refractivity contribution in [3.8, 4) is 0 Å². The maximum atomic E-state index is 11.1. The molecule has 3 nitrogen and oxygen atoms in total. The SMILES string of the molecule is CNCc1sc(=O)[nH]c1CC(C)C. The molecule has 1 rings (SSSR count). The van der Waals surface area contributed by atoms with E-state index in [1.54, 1.807) is 0 Å². The highest BCUT2D eigenvalue weighted by Gasteiger charge is 2.08. The van der Waals surface area contributed by atoms with Crippen LogP contribution in [-0.4, -0.2) is 12.0 Å². The first-order chi connectivity index (χ1) is 6.13. The summed E-state index contributed by atoms with van der Waals surface area (Å²) in [6.45, 7) is 5.09. The van der Waals surface area contributed by atoms with Crippen LogP contribution in [0.25, 0.3) is 0 Å². The van der Waals surface area contributed by atoms with Gasteiger partial charge in [0.2, 0.25) is 0 Å². The zero-order valence-electron chi connectivity index (χ0n) is 8.31. The van der Waals surface area contributed by atoms with Crippen LogP contribution in [0.15, 0.2) is 4.79 Å². The van der Waals surface area contributed by atoms with Gasteiger partial charge in [-0.25, -0.2) is 0 Å². The van der Waals surface area contributed by atoms with Gasteiger partial charge in [-0.3, -0.25) is 4.79 Å². The maximum absolute atomic E-state index is 11.1. The summed E-state index contributed by atoms with van der Waals surface area (Å²) in [5, 5.41) is 3.06. The average molecular weight is 200 g/mol. The van der Waals surface area contributed by atoms with Gasteiger partial charge in [-0.05, 0) is 19.4 Å². The molecule has 1 aromatic rings. The molecule has 74 valence electrons. The third-order valence-corrected chi connectivity index (χ3v) is 2.68. The smallest absolute Gasteiger partial charge is 0.304 e. The minimum Gasteiger partial charge on any atom is -0.316 e. The van der Waals surface area contributed by atoms with Gasteiger partial charge in [0.15, 0.2) is 0 Å². The molecule has 0 amide bonds. The van der Waals surface area contributed by atoms with Crippen molar-refractivity contribution in [2.45, 2.75) is 26.8 Å². The van der Waals surface area contributed by atoms with E-state index in [1.807, 2.05) is 7.05 Å². The summed E-state index contributed by atoms with van der Waals surface area (Å²) in [6.07, 6.45) is 0.954. The Hall–Kier alpha value is -0.610. The predicted octanol–water partition coefficient (Wildman–Crippen LogP) is 1.35. The molecule has 0 saturated heterocycles. The van der Waals surface area contributed by atoms with Gasteiger partial charge < -0.3 is 10.3 Å². The van der Waals surface area contributed by atoms with Gasteiger partial charge in [0.25, 0.3) is 0 Å². The van der Waals surface area contributed by atoms with Gasteiger partial charge in [-0.1, -0.05) is 25.2 Å². The molecule has 0 aliphatic carbocycles. The highest BCUT2D eigenvalue weighted by atomic mass is 32.1. The first kappa shape index (κ1) is 10.5. The van der Waals surface area contributed by atoms with Gasteiger partial charge in [0.05, 0.1) is 0 Å². The van der Waals surface area contributed by atoms with Crippen molar-refractivity contribution < 1.29 is 0 Å². The second-order valence-corrected chi connectivity index (χ2v) is 4.61. The third-order valence-electron chi connectivity index (χ3n) is 1.76. The molecule has 0 aromatic carbocycles. The molecular formula is C9H16N2OS. The van der Waals surface area contributed by atoms with Crippen LogP contribution in [0.2, 0.25) is 0 Å². The van der Waals surface area contributed by atoms with Crippen LogP contribution in [0.4, 0.5) is 0 Å². The van der Waals surface area contributed by atoms with Crippen LogP contribution < -0.4 is 10.2 Å². The molecule has 4 heteroatoms. The van der Waals surface area contributed by atoms with Gasteiger partial charge in [0, 0.05) is 17.1 Å². The van der Waals surface area contributed by atoms with E-state index in [0.717, 1.165) is 23.5 Å². The number of aromatic nitrogens is 1. The standard InChI is InChI=1S/C9H16N2OS/c1-6(2)4-7-8(5-10-3)13-9(12)11-7/h6,10H,4-5H2,1-3H3,(H,11,12). The third kappa shape index (κ3) is 2.97. The van der Waals surface area contributed by atoms with Crippen molar-refractivity contribution >= 4 is 11.3 Å². The van der Waals surface area contributed by atoms with Crippen LogP contribution in [-0.2, 0) is 13.0 Å². The average Bonchev–Trinajstić information content (AvgIpc) is 2.31. The van der Waals surface area contributed by atoms with Crippen LogP contribution in [0, 0.1) is 5.92 Å². The summed E-state index contributed by atoms with van der Waals surface area (Å²) in [5.74, 6) is 0.584. The fraction of sp³-hybridized carbons (Fsp3) is 0.667. The minimum absolute atomic E-state index is 0.0564. The Labute approximate surface area is 82.2 Å². The van der Waals surface area contributed by atoms with E-state index in [0.29, 0.717) is 5.92 Å². The van der Waals surface area contributed by atoms with E-state index in [2.05, 4.69) is 24.1 Å². The second kappa shape index (κ2) is 4.58. The Morgan fingerprint density at radius 3 is 2.77 bits per heavy atom. The second-order valence-electron chi connectivity index (χ2n) is 3.54. The van der Waals surface area contributed by atoms with Crippen molar-refractivity contribution in [3.63, 3.8) is 0 Å². The first-order valence-corrected chi connectivity index (χ1v) is 5.30. The van der Waals surface area contributed by atoms with Crippen molar-refractivity contribution in [2.24, 2.45) is 5.92 Å². The molecule has 0 aliphatic heterocycles. The van der Waals surface area contributed by atoms with Gasteiger partial charge in [0.1, 0.15) is 0 Å². The monoisotopic (exact) mass is 200 g/mol. The first-order valence-electron chi connectivity index (χ1n) is 4.49. The minimum atomic E-state index is 0.0564. The molecule has 0 aliphatic rings. The quantitative estimate of drug-likeness (QED) is 0.770. The van der Waals surface area contributed by atoms with Crippen LogP contribution in [0.3, 0.4) is 0 Å². The molecular weight excluding hydrogens is 184 g/mol. The van der Waals surface area contributed by atoms with Gasteiger partial charge in [-0.2, -0.15) is 0 Å². The van der Waals surface area contributed by atoms with E-state index in [-0.39, 0.29) is 4.87 Å². The largest absolute Gasteiger partial charge is 0.316 e. The number of H-pyrrole nitrogens is 1. The molecule has 1 aromatic heterocycles. The number of hydrogen-bond donors (Lipinski definition) is 2. The fourth-order valence-corrected chi connectivity index (χ4v) is 2.14. The molecule has 13 heavy (non-hydrogen) atoms. The Balaban J connectivity index is 2.84. The summed E-state index contributed by atoms with van der Waals surface area (Å²) in [7, 11) is 1.89. The van der Waals surface area contributed by atoms with E-state index in [4.69, 9.17) is 0 Å². The Bertz CT molecular complexity index is 314. The molecule has 0 atom stereocenters. The lowest BCUT2D eigenvalue weighted by Crippen LogP contribution is -2.07.